The predicted molar refractivity (Wildman–Crippen MR) is 49.9 cm³/mol. The predicted octanol–water partition coefficient (Wildman–Crippen LogP) is 1.41. The van der Waals surface area contributed by atoms with E-state index in [0.29, 0.717) is 11.3 Å². The van der Waals surface area contributed by atoms with Gasteiger partial charge in [0.15, 0.2) is 17.3 Å². The molecule has 0 spiro atoms. The summed E-state index contributed by atoms with van der Waals surface area (Å²) in [5.41, 5.74) is 0.955. The number of fused-ring (bicyclic) bond motifs is 1. The van der Waals surface area contributed by atoms with Gasteiger partial charge in [-0.1, -0.05) is 6.07 Å². The Morgan fingerprint density at radius 2 is 2.36 bits per heavy atom. The van der Waals surface area contributed by atoms with Crippen LogP contribution in [0.15, 0.2) is 24.4 Å². The Morgan fingerprint density at radius 1 is 1.57 bits per heavy atom. The highest BCUT2D eigenvalue weighted by atomic mass is 16.1. The average molecular weight is 185 g/mol. The normalized spacial score (nSPS) is 10.0. The van der Waals surface area contributed by atoms with Gasteiger partial charge in [-0.2, -0.15) is 5.26 Å². The maximum absolute atomic E-state index is 11.2. The van der Waals surface area contributed by atoms with E-state index in [1.165, 1.54) is 6.92 Å². The number of carbonyl (C=O) groups is 1. The van der Waals surface area contributed by atoms with Gasteiger partial charge in [-0.15, -0.1) is 0 Å². The third-order valence-corrected chi connectivity index (χ3v) is 1.97. The molecule has 0 saturated carbocycles. The van der Waals surface area contributed by atoms with E-state index in [1.54, 1.807) is 22.7 Å². The Kier molecular flexibility index (Phi) is 1.79. The number of carbonyl (C=O) groups excluding carboxylic acids is 1. The van der Waals surface area contributed by atoms with Crippen molar-refractivity contribution in [2.45, 2.75) is 6.92 Å². The van der Waals surface area contributed by atoms with Crippen molar-refractivity contribution in [3.63, 3.8) is 0 Å². The lowest BCUT2D eigenvalue weighted by Gasteiger charge is -1.94. The first kappa shape index (κ1) is 8.45. The summed E-state index contributed by atoms with van der Waals surface area (Å²) in [5.74, 6) is 0.157. The number of rotatable bonds is 1. The second-order valence-corrected chi connectivity index (χ2v) is 2.91. The molecular formula is C10H7N3O. The van der Waals surface area contributed by atoms with E-state index in [-0.39, 0.29) is 11.5 Å². The first-order valence-electron chi connectivity index (χ1n) is 4.12. The highest BCUT2D eigenvalue weighted by Gasteiger charge is 2.12. The lowest BCUT2D eigenvalue weighted by Crippen LogP contribution is -1.99. The molecule has 14 heavy (non-hydrogen) atoms. The fourth-order valence-corrected chi connectivity index (χ4v) is 1.37. The number of pyridine rings is 1. The van der Waals surface area contributed by atoms with Crippen LogP contribution >= 0.6 is 0 Å². The molecule has 2 aromatic rings. The lowest BCUT2D eigenvalue weighted by atomic mass is 10.3. The quantitative estimate of drug-likeness (QED) is 0.631. The molecule has 4 heteroatoms. The number of nitriles is 1. The third-order valence-electron chi connectivity index (χ3n) is 1.97. The fourth-order valence-electron chi connectivity index (χ4n) is 1.37. The number of imidazole rings is 1. The Labute approximate surface area is 80.4 Å². The maximum Gasteiger partial charge on any atom is 0.195 e. The first-order valence-corrected chi connectivity index (χ1v) is 4.12. The van der Waals surface area contributed by atoms with Crippen LogP contribution in [0, 0.1) is 11.3 Å². The van der Waals surface area contributed by atoms with E-state index in [4.69, 9.17) is 5.26 Å². The van der Waals surface area contributed by atoms with Crippen molar-refractivity contribution in [3.05, 3.63) is 35.9 Å². The van der Waals surface area contributed by atoms with Gasteiger partial charge in [0.2, 0.25) is 0 Å². The molecule has 0 amide bonds. The van der Waals surface area contributed by atoms with Crippen LogP contribution < -0.4 is 0 Å². The van der Waals surface area contributed by atoms with Crippen LogP contribution in [0.1, 0.15) is 23.2 Å². The molecule has 4 nitrogen and oxygen atoms in total. The Morgan fingerprint density at radius 3 is 3.00 bits per heavy atom. The van der Waals surface area contributed by atoms with Gasteiger partial charge >= 0.3 is 0 Å². The van der Waals surface area contributed by atoms with Gasteiger partial charge in [0.05, 0.1) is 5.52 Å². The van der Waals surface area contributed by atoms with Crippen molar-refractivity contribution in [1.29, 1.82) is 5.26 Å². The van der Waals surface area contributed by atoms with E-state index < -0.39 is 0 Å². The standard InChI is InChI=1S/C10H7N3O/c1-7(14)10-12-8(6-11)9-4-2-3-5-13(9)10/h2-5H,1H3. The number of hydrogen-bond donors (Lipinski definition) is 0. The highest BCUT2D eigenvalue weighted by molar-refractivity contribution is 5.92. The summed E-state index contributed by atoms with van der Waals surface area (Å²) in [5, 5.41) is 8.79. The summed E-state index contributed by atoms with van der Waals surface area (Å²) in [6.07, 6.45) is 1.72. The number of aromatic nitrogens is 2. The van der Waals surface area contributed by atoms with Gasteiger partial charge in [0.25, 0.3) is 0 Å². The van der Waals surface area contributed by atoms with E-state index >= 15 is 0 Å². The zero-order chi connectivity index (χ0) is 10.1. The Hall–Kier alpha value is -2.15. The molecule has 0 bridgehead atoms. The van der Waals surface area contributed by atoms with E-state index in [9.17, 15) is 4.79 Å². The molecule has 2 heterocycles. The van der Waals surface area contributed by atoms with Crippen LogP contribution in [0.2, 0.25) is 0 Å². The number of nitrogens with zero attached hydrogens (tertiary/aromatic N) is 3. The SMILES string of the molecule is CC(=O)c1nc(C#N)c2ccccn12. The molecule has 68 valence electrons. The highest BCUT2D eigenvalue weighted by Crippen LogP contribution is 2.12. The van der Waals surface area contributed by atoms with Crippen LogP contribution in [0.25, 0.3) is 5.52 Å². The minimum atomic E-state index is -0.146. The summed E-state index contributed by atoms with van der Waals surface area (Å²) < 4.78 is 1.63. The number of Topliss-reactive ketones (excluding diaryl/α,β-unsaturated/α-hetero) is 1. The zero-order valence-electron chi connectivity index (χ0n) is 7.56. The van der Waals surface area contributed by atoms with E-state index in [2.05, 4.69) is 4.98 Å². The first-order chi connectivity index (χ1) is 6.74. The van der Waals surface area contributed by atoms with Gasteiger partial charge in [-0.05, 0) is 12.1 Å². The van der Waals surface area contributed by atoms with Crippen LogP contribution in [0.5, 0.6) is 0 Å². The minimum Gasteiger partial charge on any atom is -0.296 e. The average Bonchev–Trinajstić information content (AvgIpc) is 2.56. The van der Waals surface area contributed by atoms with Gasteiger partial charge in [-0.3, -0.25) is 9.20 Å². The topological polar surface area (TPSA) is 58.2 Å². The Balaban J connectivity index is 2.88. The number of hydrogen-bond acceptors (Lipinski definition) is 3. The molecule has 0 aliphatic heterocycles. The summed E-state index contributed by atoms with van der Waals surface area (Å²) in [4.78, 5) is 15.2. The maximum atomic E-state index is 11.2. The molecule has 0 aliphatic rings. The van der Waals surface area contributed by atoms with Gasteiger partial charge in [-0.25, -0.2) is 4.98 Å². The van der Waals surface area contributed by atoms with Crippen molar-refractivity contribution in [2.24, 2.45) is 0 Å². The van der Waals surface area contributed by atoms with Crippen LogP contribution in [0.3, 0.4) is 0 Å². The van der Waals surface area contributed by atoms with Crippen LogP contribution in [-0.2, 0) is 0 Å². The van der Waals surface area contributed by atoms with Gasteiger partial charge in [0.1, 0.15) is 6.07 Å². The summed E-state index contributed by atoms with van der Waals surface area (Å²) >= 11 is 0. The second kappa shape index (κ2) is 2.96. The molecule has 0 aromatic carbocycles. The van der Waals surface area contributed by atoms with E-state index in [0.717, 1.165) is 0 Å². The molecule has 2 aromatic heterocycles. The van der Waals surface area contributed by atoms with Crippen molar-refractivity contribution >= 4 is 11.3 Å². The van der Waals surface area contributed by atoms with Gasteiger partial charge in [0, 0.05) is 13.1 Å². The monoisotopic (exact) mass is 185 g/mol. The lowest BCUT2D eigenvalue weighted by molar-refractivity contribution is 0.100. The molecule has 0 unspecified atom stereocenters. The largest absolute Gasteiger partial charge is 0.296 e. The van der Waals surface area contributed by atoms with E-state index in [1.807, 2.05) is 12.1 Å². The van der Waals surface area contributed by atoms with Crippen LogP contribution in [-0.4, -0.2) is 15.2 Å². The molecular weight excluding hydrogens is 178 g/mol. The molecule has 0 atom stereocenters. The fraction of sp³-hybridized carbons (Fsp3) is 0.100. The van der Waals surface area contributed by atoms with Crippen molar-refractivity contribution in [3.8, 4) is 6.07 Å². The zero-order valence-corrected chi connectivity index (χ0v) is 7.56. The minimum absolute atomic E-state index is 0.146. The molecule has 0 saturated heterocycles. The third kappa shape index (κ3) is 1.07. The molecule has 0 aliphatic carbocycles. The van der Waals surface area contributed by atoms with Crippen molar-refractivity contribution in [1.82, 2.24) is 9.38 Å². The smallest absolute Gasteiger partial charge is 0.195 e. The Bertz CT molecular complexity index is 548. The van der Waals surface area contributed by atoms with Gasteiger partial charge < -0.3 is 0 Å². The molecule has 0 radical (unpaired) electrons. The van der Waals surface area contributed by atoms with Crippen molar-refractivity contribution in [2.75, 3.05) is 0 Å². The number of ketones is 1. The molecule has 2 rings (SSSR count). The summed E-state index contributed by atoms with van der Waals surface area (Å²) in [6, 6.07) is 7.32. The summed E-state index contributed by atoms with van der Waals surface area (Å²) in [7, 11) is 0. The molecule has 0 N–H and O–H groups in total. The second-order valence-electron chi connectivity index (χ2n) is 2.91. The van der Waals surface area contributed by atoms with Crippen LogP contribution in [0.4, 0.5) is 0 Å². The summed E-state index contributed by atoms with van der Waals surface area (Å²) in [6.45, 7) is 1.43. The molecule has 0 fully saturated rings. The van der Waals surface area contributed by atoms with Crippen molar-refractivity contribution < 1.29 is 4.79 Å².